The van der Waals surface area contributed by atoms with Crippen molar-refractivity contribution in [2.45, 2.75) is 45.3 Å². The van der Waals surface area contributed by atoms with Crippen molar-refractivity contribution >= 4 is 11.9 Å². The molecular formula is C22H27N7O4. The van der Waals surface area contributed by atoms with Gasteiger partial charge >= 0.3 is 5.97 Å². The largest absolute Gasteiger partial charge is 0.487 e. The van der Waals surface area contributed by atoms with Gasteiger partial charge in [0.2, 0.25) is 11.8 Å². The number of aryl methyl sites for hydroxylation is 1. The Morgan fingerprint density at radius 3 is 2.82 bits per heavy atom. The minimum Gasteiger partial charge on any atom is -0.487 e. The molecule has 1 aliphatic carbocycles. The third-order valence-electron chi connectivity index (χ3n) is 5.54. The van der Waals surface area contributed by atoms with Gasteiger partial charge in [0, 0.05) is 19.3 Å². The number of nitrogens with one attached hydrogen (secondary N) is 1. The van der Waals surface area contributed by atoms with Crippen LogP contribution in [0.25, 0.3) is 11.4 Å². The summed E-state index contributed by atoms with van der Waals surface area (Å²) in [4.78, 5) is 28.7. The molecule has 0 bridgehead atoms. The Morgan fingerprint density at radius 2 is 2.06 bits per heavy atom. The van der Waals surface area contributed by atoms with Gasteiger partial charge in [-0.25, -0.2) is 15.0 Å². The number of aliphatic carboxylic acids is 1. The Bertz CT molecular complexity index is 1090. The van der Waals surface area contributed by atoms with Crippen LogP contribution >= 0.6 is 0 Å². The molecule has 0 amide bonds. The molecule has 1 saturated carbocycles. The van der Waals surface area contributed by atoms with Gasteiger partial charge in [-0.05, 0) is 32.6 Å². The Kier molecular flexibility index (Phi) is 6.96. The van der Waals surface area contributed by atoms with Gasteiger partial charge in [0.15, 0.2) is 11.6 Å². The molecule has 4 rings (SSSR count). The average molecular weight is 454 g/mol. The lowest BCUT2D eigenvalue weighted by Crippen LogP contribution is -2.29. The number of anilines is 1. The van der Waals surface area contributed by atoms with E-state index >= 15 is 0 Å². The molecule has 0 aliphatic heterocycles. The molecule has 33 heavy (non-hydrogen) atoms. The topological polar surface area (TPSA) is 137 Å². The van der Waals surface area contributed by atoms with E-state index in [0.717, 1.165) is 24.1 Å². The van der Waals surface area contributed by atoms with E-state index in [9.17, 15) is 9.90 Å². The van der Waals surface area contributed by atoms with E-state index in [4.69, 9.17) is 9.47 Å². The number of carbonyl (C=O) groups is 1. The van der Waals surface area contributed by atoms with Crippen LogP contribution in [-0.4, -0.2) is 53.5 Å². The van der Waals surface area contributed by atoms with Crippen LogP contribution in [0.15, 0.2) is 30.9 Å². The van der Waals surface area contributed by atoms with E-state index in [1.54, 1.807) is 35.5 Å². The second kappa shape index (κ2) is 10.2. The van der Waals surface area contributed by atoms with E-state index in [2.05, 4.69) is 30.4 Å². The fourth-order valence-electron chi connectivity index (χ4n) is 3.86. The molecule has 1 fully saturated rings. The van der Waals surface area contributed by atoms with Gasteiger partial charge in [-0.1, -0.05) is 0 Å². The summed E-state index contributed by atoms with van der Waals surface area (Å²) in [5.74, 6) is 0.884. The van der Waals surface area contributed by atoms with Crippen molar-refractivity contribution < 1.29 is 19.4 Å². The van der Waals surface area contributed by atoms with Gasteiger partial charge in [0.05, 0.1) is 55.0 Å². The van der Waals surface area contributed by atoms with Crippen LogP contribution in [-0.2, 0) is 18.4 Å². The summed E-state index contributed by atoms with van der Waals surface area (Å²) in [5.41, 5.74) is 1.65. The highest BCUT2D eigenvalue weighted by atomic mass is 16.5. The molecule has 2 unspecified atom stereocenters. The van der Waals surface area contributed by atoms with Crippen molar-refractivity contribution in [2.75, 3.05) is 11.9 Å². The van der Waals surface area contributed by atoms with E-state index < -0.39 is 5.97 Å². The third kappa shape index (κ3) is 5.54. The lowest BCUT2D eigenvalue weighted by atomic mass is 9.87. The summed E-state index contributed by atoms with van der Waals surface area (Å²) in [7, 11) is 1.84. The van der Waals surface area contributed by atoms with Gasteiger partial charge in [0.25, 0.3) is 0 Å². The molecule has 3 aromatic heterocycles. The average Bonchev–Trinajstić information content (AvgIpc) is 3.19. The zero-order valence-electron chi connectivity index (χ0n) is 18.6. The summed E-state index contributed by atoms with van der Waals surface area (Å²) in [6, 6.07) is 1.71. The van der Waals surface area contributed by atoms with Crippen LogP contribution in [0.3, 0.4) is 0 Å². The Hall–Kier alpha value is -3.76. The number of ether oxygens (including phenoxy) is 2. The molecule has 0 aromatic carbocycles. The standard InChI is InChI=1S/C22H27N7O4/c1-3-32-19-7-8-23-22(28-19)26-13-18-17(12-27-29(18)2)20-24-10-16(11-25-20)33-15-6-4-5-14(9-15)21(30)31/h7-8,10-12,14-15H,3-6,9,13H2,1-2H3,(H,30,31)(H,23,26,28). The first-order chi connectivity index (χ1) is 16.0. The highest BCUT2D eigenvalue weighted by Gasteiger charge is 2.28. The van der Waals surface area contributed by atoms with Gasteiger partial charge in [-0.15, -0.1) is 0 Å². The fraction of sp³-hybridized carbons (Fsp3) is 0.455. The minimum absolute atomic E-state index is 0.139. The predicted molar refractivity (Wildman–Crippen MR) is 119 cm³/mol. The number of aromatic nitrogens is 6. The van der Waals surface area contributed by atoms with Gasteiger partial charge in [-0.3, -0.25) is 9.48 Å². The molecular weight excluding hydrogens is 426 g/mol. The van der Waals surface area contributed by atoms with Crippen molar-refractivity contribution in [3.8, 4) is 23.0 Å². The lowest BCUT2D eigenvalue weighted by molar-refractivity contribution is -0.143. The molecule has 3 aromatic rings. The van der Waals surface area contributed by atoms with Gasteiger partial charge < -0.3 is 19.9 Å². The summed E-state index contributed by atoms with van der Waals surface area (Å²) in [6.07, 6.45) is 9.31. The van der Waals surface area contributed by atoms with Crippen LogP contribution in [0.4, 0.5) is 5.95 Å². The molecule has 2 N–H and O–H groups in total. The SMILES string of the molecule is CCOc1ccnc(NCc2c(-c3ncc(OC4CCCC(C(=O)O)C4)cn3)cnn2C)n1. The maximum Gasteiger partial charge on any atom is 0.306 e. The minimum atomic E-state index is -0.761. The number of carboxylic acids is 1. The first-order valence-corrected chi connectivity index (χ1v) is 11.0. The highest BCUT2D eigenvalue weighted by molar-refractivity contribution is 5.70. The van der Waals surface area contributed by atoms with Crippen LogP contribution in [0, 0.1) is 5.92 Å². The van der Waals surface area contributed by atoms with Crippen molar-refractivity contribution in [1.82, 2.24) is 29.7 Å². The van der Waals surface area contributed by atoms with Gasteiger partial charge in [-0.2, -0.15) is 10.1 Å². The summed E-state index contributed by atoms with van der Waals surface area (Å²) in [5, 5.41) is 16.8. The van der Waals surface area contributed by atoms with E-state index in [-0.39, 0.29) is 12.0 Å². The van der Waals surface area contributed by atoms with Crippen LogP contribution in [0.5, 0.6) is 11.6 Å². The first-order valence-electron chi connectivity index (χ1n) is 11.0. The summed E-state index contributed by atoms with van der Waals surface area (Å²) >= 11 is 0. The molecule has 11 nitrogen and oxygen atoms in total. The number of nitrogens with zero attached hydrogens (tertiary/aromatic N) is 6. The van der Waals surface area contributed by atoms with Crippen molar-refractivity contribution in [3.05, 3.63) is 36.5 Å². The Morgan fingerprint density at radius 1 is 1.24 bits per heavy atom. The number of carboxylic acid groups (broad SMARTS) is 1. The second-order valence-corrected chi connectivity index (χ2v) is 7.82. The number of hydrogen-bond donors (Lipinski definition) is 2. The fourth-order valence-corrected chi connectivity index (χ4v) is 3.86. The summed E-state index contributed by atoms with van der Waals surface area (Å²) in [6.45, 7) is 2.84. The Balaban J connectivity index is 1.42. The quantitative estimate of drug-likeness (QED) is 0.497. The molecule has 0 spiro atoms. The number of hydrogen-bond acceptors (Lipinski definition) is 9. The van der Waals surface area contributed by atoms with Crippen LogP contribution in [0.2, 0.25) is 0 Å². The maximum absolute atomic E-state index is 11.3. The second-order valence-electron chi connectivity index (χ2n) is 7.82. The van der Waals surface area contributed by atoms with Crippen molar-refractivity contribution in [1.29, 1.82) is 0 Å². The highest BCUT2D eigenvalue weighted by Crippen LogP contribution is 2.28. The predicted octanol–water partition coefficient (Wildman–Crippen LogP) is 2.70. The smallest absolute Gasteiger partial charge is 0.306 e. The molecule has 174 valence electrons. The van der Waals surface area contributed by atoms with Crippen molar-refractivity contribution in [2.24, 2.45) is 13.0 Å². The Labute approximate surface area is 191 Å². The van der Waals surface area contributed by atoms with E-state index in [1.807, 2.05) is 14.0 Å². The molecule has 11 heteroatoms. The zero-order valence-corrected chi connectivity index (χ0v) is 18.6. The molecule has 1 aliphatic rings. The number of rotatable bonds is 9. The molecule has 2 atom stereocenters. The monoisotopic (exact) mass is 453 g/mol. The van der Waals surface area contributed by atoms with Gasteiger partial charge in [0.1, 0.15) is 0 Å². The van der Waals surface area contributed by atoms with E-state index in [0.29, 0.717) is 49.4 Å². The van der Waals surface area contributed by atoms with E-state index in [1.165, 1.54) is 0 Å². The lowest BCUT2D eigenvalue weighted by Gasteiger charge is -2.27. The zero-order chi connectivity index (χ0) is 23.2. The first kappa shape index (κ1) is 22.4. The van der Waals surface area contributed by atoms with Crippen LogP contribution in [0.1, 0.15) is 38.3 Å². The van der Waals surface area contributed by atoms with Crippen LogP contribution < -0.4 is 14.8 Å². The molecule has 3 heterocycles. The third-order valence-corrected chi connectivity index (χ3v) is 5.54. The maximum atomic E-state index is 11.3. The molecule has 0 radical (unpaired) electrons. The molecule has 0 saturated heterocycles. The summed E-state index contributed by atoms with van der Waals surface area (Å²) < 4.78 is 13.1. The van der Waals surface area contributed by atoms with Crippen molar-refractivity contribution in [3.63, 3.8) is 0 Å². The normalized spacial score (nSPS) is 18.0.